The highest BCUT2D eigenvalue weighted by Crippen LogP contribution is 2.38. The molecule has 0 aliphatic heterocycles. The van der Waals surface area contributed by atoms with Gasteiger partial charge in [0.1, 0.15) is 0 Å². The lowest BCUT2D eigenvalue weighted by molar-refractivity contribution is 1.13. The van der Waals surface area contributed by atoms with Crippen LogP contribution in [0, 0.1) is 0 Å². The Labute approximate surface area is 278 Å². The van der Waals surface area contributed by atoms with Crippen molar-refractivity contribution < 1.29 is 0 Å². The molecule has 3 nitrogen and oxygen atoms in total. The maximum absolute atomic E-state index is 4.49. The first-order valence-corrected chi connectivity index (χ1v) is 16.3. The summed E-state index contributed by atoms with van der Waals surface area (Å²) in [5, 5.41) is 8.64. The summed E-state index contributed by atoms with van der Waals surface area (Å²) in [6.07, 6.45) is 6.07. The molecule has 3 aromatic heterocycles. The van der Waals surface area contributed by atoms with Gasteiger partial charge >= 0.3 is 0 Å². The highest BCUT2D eigenvalue weighted by molar-refractivity contribution is 6.20. The Bertz CT molecular complexity index is 2670. The van der Waals surface area contributed by atoms with Gasteiger partial charge in [-0.3, -0.25) is 4.98 Å². The van der Waals surface area contributed by atoms with Crippen LogP contribution in [0.5, 0.6) is 0 Å². The number of benzene rings is 7. The minimum atomic E-state index is 1.14. The van der Waals surface area contributed by atoms with Crippen LogP contribution in [0.25, 0.3) is 76.8 Å². The molecule has 0 aliphatic rings. The monoisotopic (exact) mass is 613 g/mol. The number of aromatic nitrogens is 3. The first kappa shape index (κ1) is 27.8. The van der Waals surface area contributed by atoms with Crippen LogP contribution in [0.4, 0.5) is 0 Å². The molecule has 3 heteroatoms. The summed E-state index contributed by atoms with van der Waals surface area (Å²) in [5.41, 5.74) is 8.31. The largest absolute Gasteiger partial charge is 0.317 e. The summed E-state index contributed by atoms with van der Waals surface area (Å²) in [7, 11) is 0. The summed E-state index contributed by atoms with van der Waals surface area (Å²) in [4.78, 5) is 4.49. The van der Waals surface area contributed by atoms with Crippen LogP contribution in [0.3, 0.4) is 0 Å². The Morgan fingerprint density at radius 1 is 0.396 bits per heavy atom. The van der Waals surface area contributed by atoms with Crippen LogP contribution in [0.15, 0.2) is 188 Å². The van der Waals surface area contributed by atoms with E-state index in [4.69, 9.17) is 0 Å². The average molecular weight is 614 g/mol. The zero-order valence-corrected chi connectivity index (χ0v) is 26.2. The molecule has 0 N–H and O–H groups in total. The summed E-state index contributed by atoms with van der Waals surface area (Å²) in [6, 6.07) is 60.1. The molecule has 0 spiro atoms. The van der Waals surface area contributed by atoms with Crippen LogP contribution in [-0.2, 0) is 0 Å². The van der Waals surface area contributed by atoms with Gasteiger partial charge in [0, 0.05) is 62.5 Å². The quantitative estimate of drug-likeness (QED) is 0.194. The number of pyridine rings is 1. The van der Waals surface area contributed by atoms with Gasteiger partial charge < -0.3 is 9.13 Å². The molecule has 0 aliphatic carbocycles. The molecule has 0 unspecified atom stereocenters. The van der Waals surface area contributed by atoms with Crippen LogP contribution < -0.4 is 0 Å². The van der Waals surface area contributed by atoms with Crippen molar-refractivity contribution in [2.75, 3.05) is 0 Å². The fraction of sp³-hybridized carbons (Fsp3) is 0. The van der Waals surface area contributed by atoms with E-state index in [1.54, 1.807) is 0 Å². The number of hydrogen-bond donors (Lipinski definition) is 0. The zero-order chi connectivity index (χ0) is 31.9. The molecule has 0 bridgehead atoms. The molecule has 10 aromatic rings. The number of rotatable bonds is 3. The van der Waals surface area contributed by atoms with Gasteiger partial charge in [0.05, 0.1) is 16.6 Å². The third-order valence-corrected chi connectivity index (χ3v) is 9.27. The number of para-hydroxylation sites is 2. The van der Waals surface area contributed by atoms with Crippen LogP contribution in [0.1, 0.15) is 0 Å². The molecule has 226 valence electrons. The van der Waals surface area contributed by atoms with Crippen molar-refractivity contribution in [1.82, 2.24) is 14.1 Å². The van der Waals surface area contributed by atoms with Crippen molar-refractivity contribution in [3.05, 3.63) is 188 Å². The van der Waals surface area contributed by atoms with Crippen molar-refractivity contribution >= 4 is 54.3 Å². The Kier molecular flexibility index (Phi) is 6.80. The second kappa shape index (κ2) is 11.7. The van der Waals surface area contributed by atoms with E-state index >= 15 is 0 Å². The van der Waals surface area contributed by atoms with E-state index in [1.807, 2.05) is 48.8 Å². The molecule has 10 rings (SSSR count). The van der Waals surface area contributed by atoms with E-state index < -0.39 is 0 Å². The van der Waals surface area contributed by atoms with Crippen molar-refractivity contribution in [3.8, 4) is 22.5 Å². The van der Waals surface area contributed by atoms with Crippen molar-refractivity contribution in [2.24, 2.45) is 0 Å². The normalized spacial score (nSPS) is 11.3. The van der Waals surface area contributed by atoms with Gasteiger partial charge in [-0.2, -0.15) is 0 Å². The summed E-state index contributed by atoms with van der Waals surface area (Å²) in [6.45, 7) is 0. The minimum Gasteiger partial charge on any atom is -0.317 e. The van der Waals surface area contributed by atoms with Gasteiger partial charge in [0.15, 0.2) is 0 Å². The molecular weight excluding hydrogens is 583 g/mol. The van der Waals surface area contributed by atoms with Gasteiger partial charge in [-0.25, -0.2) is 0 Å². The summed E-state index contributed by atoms with van der Waals surface area (Å²) >= 11 is 0. The molecule has 0 atom stereocenters. The standard InChI is InChI=1S/C39H25N3.C6H6/c1-2-9-31(10-3-1)42-37-13-7-6-12-33(37)34-19-16-27-23-38-28(22-35(27)39(34)42)20-21-41(38)30-17-14-26(15-18-30)36-25-40-24-29-8-4-5-11-32(29)36;1-2-4-6-5-3-1/h1-25H;1-6H. The fourth-order valence-electron chi connectivity index (χ4n) is 7.02. The number of fused-ring (bicyclic) bond motifs is 7. The zero-order valence-electron chi connectivity index (χ0n) is 26.2. The maximum Gasteiger partial charge on any atom is 0.0619 e. The van der Waals surface area contributed by atoms with E-state index in [0.29, 0.717) is 0 Å². The second-order valence-corrected chi connectivity index (χ2v) is 12.1. The highest BCUT2D eigenvalue weighted by atomic mass is 15.0. The third kappa shape index (κ3) is 4.72. The van der Waals surface area contributed by atoms with Gasteiger partial charge in [0.25, 0.3) is 0 Å². The number of hydrogen-bond acceptors (Lipinski definition) is 1. The first-order valence-electron chi connectivity index (χ1n) is 16.3. The van der Waals surface area contributed by atoms with E-state index in [0.717, 1.165) is 16.6 Å². The van der Waals surface area contributed by atoms with Gasteiger partial charge in [-0.15, -0.1) is 0 Å². The Balaban J connectivity index is 0.000000475. The minimum absolute atomic E-state index is 1.14. The van der Waals surface area contributed by atoms with Crippen molar-refractivity contribution in [2.45, 2.75) is 0 Å². The lowest BCUT2D eigenvalue weighted by atomic mass is 10.0. The summed E-state index contributed by atoms with van der Waals surface area (Å²) in [5.74, 6) is 0. The van der Waals surface area contributed by atoms with Gasteiger partial charge in [-0.05, 0) is 64.9 Å². The average Bonchev–Trinajstić information content (AvgIpc) is 3.74. The maximum atomic E-state index is 4.49. The van der Waals surface area contributed by atoms with E-state index in [1.165, 1.54) is 60.1 Å². The molecule has 48 heavy (non-hydrogen) atoms. The molecular formula is C45H31N3. The molecule has 0 saturated carbocycles. The lowest BCUT2D eigenvalue weighted by Gasteiger charge is -2.11. The SMILES string of the molecule is c1ccc(-n2c3ccccc3c3ccc4cc5c(ccn5-c5ccc(-c6cncc7ccccc67)cc5)cc4c32)cc1.c1ccccc1. The summed E-state index contributed by atoms with van der Waals surface area (Å²) < 4.78 is 4.70. The Morgan fingerprint density at radius 3 is 1.88 bits per heavy atom. The molecule has 0 amide bonds. The lowest BCUT2D eigenvalue weighted by Crippen LogP contribution is -1.94. The van der Waals surface area contributed by atoms with E-state index in [-0.39, 0.29) is 0 Å². The van der Waals surface area contributed by atoms with Gasteiger partial charge in [-0.1, -0.05) is 121 Å². The predicted molar refractivity (Wildman–Crippen MR) is 202 cm³/mol. The van der Waals surface area contributed by atoms with Crippen molar-refractivity contribution in [3.63, 3.8) is 0 Å². The van der Waals surface area contributed by atoms with Crippen LogP contribution in [0.2, 0.25) is 0 Å². The topological polar surface area (TPSA) is 22.8 Å². The van der Waals surface area contributed by atoms with Gasteiger partial charge in [0.2, 0.25) is 0 Å². The Hall–Kier alpha value is -6.45. The molecule has 7 aromatic carbocycles. The van der Waals surface area contributed by atoms with E-state index in [2.05, 4.69) is 154 Å². The van der Waals surface area contributed by atoms with Crippen molar-refractivity contribution in [1.29, 1.82) is 0 Å². The fourth-order valence-corrected chi connectivity index (χ4v) is 7.02. The highest BCUT2D eigenvalue weighted by Gasteiger charge is 2.16. The number of nitrogens with zero attached hydrogens (tertiary/aromatic N) is 3. The second-order valence-electron chi connectivity index (χ2n) is 12.1. The molecule has 0 fully saturated rings. The predicted octanol–water partition coefficient (Wildman–Crippen LogP) is 11.8. The first-order chi connectivity index (χ1) is 23.8. The van der Waals surface area contributed by atoms with Crippen LogP contribution >= 0.6 is 0 Å². The smallest absolute Gasteiger partial charge is 0.0619 e. The Morgan fingerprint density at radius 2 is 1.08 bits per heavy atom. The van der Waals surface area contributed by atoms with Crippen LogP contribution in [-0.4, -0.2) is 14.1 Å². The van der Waals surface area contributed by atoms with E-state index in [9.17, 15) is 0 Å². The molecule has 0 saturated heterocycles. The third-order valence-electron chi connectivity index (χ3n) is 9.27. The molecule has 0 radical (unpaired) electrons. The molecule has 3 heterocycles.